The Hall–Kier alpha value is -1.03. The van der Waals surface area contributed by atoms with Gasteiger partial charge in [0.15, 0.2) is 0 Å². The summed E-state index contributed by atoms with van der Waals surface area (Å²) in [7, 11) is 0. The summed E-state index contributed by atoms with van der Waals surface area (Å²) in [5.41, 5.74) is 7.11. The molecule has 2 bridgehead atoms. The first-order chi connectivity index (χ1) is 8.15. The molecule has 17 heavy (non-hydrogen) atoms. The third-order valence-corrected chi connectivity index (χ3v) is 4.41. The topological polar surface area (TPSA) is 46.3 Å². The fourth-order valence-corrected chi connectivity index (χ4v) is 3.44. The number of piperidine rings is 1. The van der Waals surface area contributed by atoms with E-state index < -0.39 is 0 Å². The maximum atomic E-state index is 12.4. The summed E-state index contributed by atoms with van der Waals surface area (Å²) in [5, 5.41) is 0. The summed E-state index contributed by atoms with van der Waals surface area (Å²) in [4.78, 5) is 14.4. The van der Waals surface area contributed by atoms with E-state index in [2.05, 4.69) is 15.9 Å². The molecule has 3 nitrogen and oxygen atoms in total. The third kappa shape index (κ3) is 1.84. The molecule has 1 heterocycles. The van der Waals surface area contributed by atoms with E-state index in [1.165, 1.54) is 12.8 Å². The van der Waals surface area contributed by atoms with Gasteiger partial charge in [-0.1, -0.05) is 15.9 Å². The average Bonchev–Trinajstić information content (AvgIpc) is 2.89. The molecule has 1 aliphatic heterocycles. The van der Waals surface area contributed by atoms with Crippen molar-refractivity contribution in [1.82, 2.24) is 4.90 Å². The van der Waals surface area contributed by atoms with Crippen molar-refractivity contribution in [2.45, 2.75) is 25.3 Å². The second-order valence-corrected chi connectivity index (χ2v) is 5.94. The second kappa shape index (κ2) is 4.02. The summed E-state index contributed by atoms with van der Waals surface area (Å²) < 4.78 is 0.912. The van der Waals surface area contributed by atoms with Crippen molar-refractivity contribution in [3.8, 4) is 0 Å². The van der Waals surface area contributed by atoms with Crippen LogP contribution in [0.2, 0.25) is 0 Å². The Morgan fingerprint density at radius 2 is 2.24 bits per heavy atom. The van der Waals surface area contributed by atoms with Crippen LogP contribution in [0.25, 0.3) is 0 Å². The van der Waals surface area contributed by atoms with E-state index in [0.717, 1.165) is 23.4 Å². The van der Waals surface area contributed by atoms with Gasteiger partial charge in [0.25, 0.3) is 5.91 Å². The quantitative estimate of drug-likeness (QED) is 0.810. The molecule has 2 N–H and O–H groups in total. The van der Waals surface area contributed by atoms with Crippen molar-refractivity contribution < 1.29 is 4.79 Å². The molecule has 0 spiro atoms. The Morgan fingerprint density at radius 1 is 1.41 bits per heavy atom. The molecule has 1 aromatic rings. The van der Waals surface area contributed by atoms with Crippen molar-refractivity contribution in [3.63, 3.8) is 0 Å². The highest BCUT2D eigenvalue weighted by atomic mass is 79.9. The lowest BCUT2D eigenvalue weighted by Crippen LogP contribution is -2.37. The summed E-state index contributed by atoms with van der Waals surface area (Å²) in [6, 6.07) is 5.93. The Balaban J connectivity index is 1.87. The van der Waals surface area contributed by atoms with E-state index in [9.17, 15) is 4.79 Å². The van der Waals surface area contributed by atoms with Gasteiger partial charge in [-0.15, -0.1) is 0 Å². The molecular formula is C13H15BrN2O. The first kappa shape index (κ1) is 11.1. The van der Waals surface area contributed by atoms with Crippen LogP contribution in [0, 0.1) is 5.92 Å². The van der Waals surface area contributed by atoms with Crippen molar-refractivity contribution in [1.29, 1.82) is 0 Å². The number of nitrogens with two attached hydrogens (primary N) is 1. The fraction of sp³-hybridized carbons (Fsp3) is 0.462. The van der Waals surface area contributed by atoms with Crippen molar-refractivity contribution in [3.05, 3.63) is 28.2 Å². The van der Waals surface area contributed by atoms with Crippen molar-refractivity contribution in [2.75, 3.05) is 12.3 Å². The zero-order valence-corrected chi connectivity index (χ0v) is 11.1. The number of nitrogens with zero attached hydrogens (tertiary/aromatic N) is 1. The van der Waals surface area contributed by atoms with Gasteiger partial charge in [-0.2, -0.15) is 0 Å². The van der Waals surface area contributed by atoms with Gasteiger partial charge < -0.3 is 10.6 Å². The molecule has 3 rings (SSSR count). The number of fused-ring (bicyclic) bond motifs is 2. The van der Waals surface area contributed by atoms with Crippen LogP contribution in [0.4, 0.5) is 5.69 Å². The standard InChI is InChI=1S/C13H15BrN2O/c14-9-2-4-11(12(15)6-9)13(17)16-7-8-1-3-10(16)5-8/h2,4,6,8,10H,1,3,5,7,15H2. The van der Waals surface area contributed by atoms with Crippen molar-refractivity contribution >= 4 is 27.5 Å². The molecule has 1 aliphatic carbocycles. The number of amides is 1. The molecule has 0 radical (unpaired) electrons. The number of benzene rings is 1. The third-order valence-electron chi connectivity index (χ3n) is 3.91. The molecule has 1 saturated carbocycles. The van der Waals surface area contributed by atoms with Crippen LogP contribution in [0.5, 0.6) is 0 Å². The zero-order valence-electron chi connectivity index (χ0n) is 9.53. The van der Waals surface area contributed by atoms with Crippen molar-refractivity contribution in [2.24, 2.45) is 5.92 Å². The zero-order chi connectivity index (χ0) is 12.0. The summed E-state index contributed by atoms with van der Waals surface area (Å²) in [6.45, 7) is 0.916. The normalized spacial score (nSPS) is 26.5. The van der Waals surface area contributed by atoms with Crippen LogP contribution in [0.1, 0.15) is 29.6 Å². The van der Waals surface area contributed by atoms with Gasteiger partial charge in [0.1, 0.15) is 0 Å². The molecule has 1 amide bonds. The number of hydrogen-bond acceptors (Lipinski definition) is 2. The minimum Gasteiger partial charge on any atom is -0.398 e. The molecule has 0 aromatic heterocycles. The maximum absolute atomic E-state index is 12.4. The lowest BCUT2D eigenvalue weighted by Gasteiger charge is -2.27. The van der Waals surface area contributed by atoms with Gasteiger partial charge in [0.2, 0.25) is 0 Å². The Morgan fingerprint density at radius 3 is 2.82 bits per heavy atom. The summed E-state index contributed by atoms with van der Waals surface area (Å²) >= 11 is 3.36. The largest absolute Gasteiger partial charge is 0.398 e. The van der Waals surface area contributed by atoms with Crippen LogP contribution < -0.4 is 5.73 Å². The monoisotopic (exact) mass is 294 g/mol. The number of hydrogen-bond donors (Lipinski definition) is 1. The smallest absolute Gasteiger partial charge is 0.256 e. The van der Waals surface area contributed by atoms with Crippen LogP contribution in [0.15, 0.2) is 22.7 Å². The van der Waals surface area contributed by atoms with Gasteiger partial charge >= 0.3 is 0 Å². The second-order valence-electron chi connectivity index (χ2n) is 5.02. The highest BCUT2D eigenvalue weighted by Crippen LogP contribution is 2.38. The molecule has 2 unspecified atom stereocenters. The van der Waals surface area contributed by atoms with E-state index in [4.69, 9.17) is 5.73 Å². The Bertz CT molecular complexity index is 474. The highest BCUT2D eigenvalue weighted by molar-refractivity contribution is 9.10. The molecule has 2 aliphatic rings. The first-order valence-electron chi connectivity index (χ1n) is 6.01. The summed E-state index contributed by atoms with van der Waals surface area (Å²) in [6.07, 6.45) is 3.62. The number of carbonyl (C=O) groups is 1. The number of rotatable bonds is 1. The average molecular weight is 295 g/mol. The molecule has 2 atom stereocenters. The molecule has 2 fully saturated rings. The number of nitrogen functional groups attached to an aromatic ring is 1. The fourth-order valence-electron chi connectivity index (χ4n) is 3.06. The molecule has 1 aromatic carbocycles. The number of likely N-dealkylation sites (tertiary alicyclic amines) is 1. The molecular weight excluding hydrogens is 280 g/mol. The van der Waals surface area contributed by atoms with Gasteiger partial charge in [0, 0.05) is 22.7 Å². The molecule has 4 heteroatoms. The minimum absolute atomic E-state index is 0.0993. The van der Waals surface area contributed by atoms with E-state index >= 15 is 0 Å². The van der Waals surface area contributed by atoms with Gasteiger partial charge in [-0.25, -0.2) is 0 Å². The number of halogens is 1. The predicted molar refractivity (Wildman–Crippen MR) is 70.7 cm³/mol. The molecule has 90 valence electrons. The SMILES string of the molecule is Nc1cc(Br)ccc1C(=O)N1CC2CCC1C2. The van der Waals surface area contributed by atoms with Gasteiger partial charge in [-0.3, -0.25) is 4.79 Å². The van der Waals surface area contributed by atoms with Crippen LogP contribution >= 0.6 is 15.9 Å². The maximum Gasteiger partial charge on any atom is 0.256 e. The highest BCUT2D eigenvalue weighted by Gasteiger charge is 2.40. The Labute approximate surface area is 109 Å². The molecule has 1 saturated heterocycles. The Kier molecular flexibility index (Phi) is 2.62. The minimum atomic E-state index is 0.0993. The summed E-state index contributed by atoms with van der Waals surface area (Å²) in [5.74, 6) is 0.822. The van der Waals surface area contributed by atoms with Crippen LogP contribution in [-0.2, 0) is 0 Å². The van der Waals surface area contributed by atoms with Gasteiger partial charge in [0.05, 0.1) is 5.56 Å². The number of anilines is 1. The lowest BCUT2D eigenvalue weighted by atomic mass is 10.1. The van der Waals surface area contributed by atoms with E-state index in [-0.39, 0.29) is 5.91 Å². The van der Waals surface area contributed by atoms with E-state index in [1.807, 2.05) is 17.0 Å². The predicted octanol–water partition coefficient (Wildman–Crippen LogP) is 2.66. The van der Waals surface area contributed by atoms with E-state index in [0.29, 0.717) is 17.3 Å². The first-order valence-corrected chi connectivity index (χ1v) is 6.80. The van der Waals surface area contributed by atoms with Crippen LogP contribution in [0.3, 0.4) is 0 Å². The van der Waals surface area contributed by atoms with Crippen LogP contribution in [-0.4, -0.2) is 23.4 Å². The number of carbonyl (C=O) groups excluding carboxylic acids is 1. The lowest BCUT2D eigenvalue weighted by molar-refractivity contribution is 0.0704. The van der Waals surface area contributed by atoms with Gasteiger partial charge in [-0.05, 0) is 43.4 Å². The van der Waals surface area contributed by atoms with E-state index in [1.54, 1.807) is 6.07 Å².